The van der Waals surface area contributed by atoms with E-state index in [9.17, 15) is 54.2 Å². The van der Waals surface area contributed by atoms with E-state index in [1.807, 2.05) is 4.98 Å². The van der Waals surface area contributed by atoms with Crippen LogP contribution in [-0.2, 0) is 12.7 Å². The summed E-state index contributed by atoms with van der Waals surface area (Å²) in [5, 5.41) is 9.29. The Labute approximate surface area is 238 Å². The summed E-state index contributed by atoms with van der Waals surface area (Å²) < 4.78 is 128. The molecule has 43 heavy (non-hydrogen) atoms. The standard InChI is InChI=1S/C26H19F9N2O5S/c1-11-19-21(39)36-23(40)37(10-18(38)25(30,31)32)22(19)43-20(11)14-5-8-16(17(9-14)42-26(33,34)35)41-12(2)13-3-6-15(7-4-13)24(27,28)29/h3-9,12,18,38H,10H2,1-2H3,(H,36,39,40)/t12?,18-/m1/s1. The number of aliphatic hydroxyl groups excluding tert-OH is 1. The van der Waals surface area contributed by atoms with Gasteiger partial charge in [-0.15, -0.1) is 24.5 Å². The number of aliphatic hydroxyl groups is 1. The molecule has 2 N–H and O–H groups in total. The zero-order valence-electron chi connectivity index (χ0n) is 21.7. The van der Waals surface area contributed by atoms with Crippen molar-refractivity contribution in [2.75, 3.05) is 0 Å². The number of rotatable bonds is 7. The summed E-state index contributed by atoms with van der Waals surface area (Å²) in [6.07, 6.45) is -18.9. The molecule has 2 heterocycles. The van der Waals surface area contributed by atoms with Gasteiger partial charge in [-0.05, 0) is 60.9 Å². The Balaban J connectivity index is 1.77. The number of aromatic nitrogens is 2. The molecule has 17 heteroatoms. The van der Waals surface area contributed by atoms with E-state index in [0.717, 1.165) is 36.4 Å². The minimum absolute atomic E-state index is 0.00209. The number of nitrogens with zero attached hydrogens (tertiary/aromatic N) is 1. The highest BCUT2D eigenvalue weighted by Gasteiger charge is 2.39. The Kier molecular flexibility index (Phi) is 8.36. The Bertz CT molecular complexity index is 1750. The van der Waals surface area contributed by atoms with Gasteiger partial charge < -0.3 is 14.6 Å². The number of fused-ring (bicyclic) bond motifs is 1. The first-order chi connectivity index (χ1) is 19.8. The fourth-order valence-corrected chi connectivity index (χ4v) is 5.45. The lowest BCUT2D eigenvalue weighted by atomic mass is 10.1. The molecule has 0 amide bonds. The Morgan fingerprint density at radius 1 is 0.953 bits per heavy atom. The second kappa shape index (κ2) is 11.3. The second-order valence-electron chi connectivity index (χ2n) is 9.25. The van der Waals surface area contributed by atoms with Gasteiger partial charge >= 0.3 is 24.4 Å². The molecular weight excluding hydrogens is 623 g/mol. The van der Waals surface area contributed by atoms with Gasteiger partial charge in [0.2, 0.25) is 0 Å². The van der Waals surface area contributed by atoms with Crippen LogP contribution in [0.15, 0.2) is 52.1 Å². The third-order valence-electron chi connectivity index (χ3n) is 6.24. The van der Waals surface area contributed by atoms with Crippen LogP contribution in [0.4, 0.5) is 39.5 Å². The Morgan fingerprint density at radius 2 is 1.58 bits per heavy atom. The third kappa shape index (κ3) is 6.98. The van der Waals surface area contributed by atoms with Crippen molar-refractivity contribution in [3.05, 3.63) is 80.0 Å². The van der Waals surface area contributed by atoms with E-state index in [1.54, 1.807) is 0 Å². The van der Waals surface area contributed by atoms with Crippen LogP contribution in [0, 0.1) is 6.92 Å². The quantitative estimate of drug-likeness (QED) is 0.219. The number of aromatic amines is 1. The summed E-state index contributed by atoms with van der Waals surface area (Å²) in [5.74, 6) is -1.31. The van der Waals surface area contributed by atoms with Crippen molar-refractivity contribution in [2.45, 2.75) is 51.3 Å². The molecule has 4 aromatic rings. The van der Waals surface area contributed by atoms with Crippen molar-refractivity contribution in [1.82, 2.24) is 9.55 Å². The van der Waals surface area contributed by atoms with E-state index in [0.29, 0.717) is 15.9 Å². The van der Waals surface area contributed by atoms with Crippen LogP contribution < -0.4 is 20.7 Å². The maximum atomic E-state index is 13.3. The maximum Gasteiger partial charge on any atom is 0.573 e. The van der Waals surface area contributed by atoms with Gasteiger partial charge in [0.05, 0.1) is 17.5 Å². The highest BCUT2D eigenvalue weighted by molar-refractivity contribution is 7.22. The number of halogens is 9. The number of hydrogen-bond acceptors (Lipinski definition) is 6. The molecule has 0 saturated carbocycles. The molecule has 2 aromatic carbocycles. The van der Waals surface area contributed by atoms with Gasteiger partial charge in [0.15, 0.2) is 17.6 Å². The van der Waals surface area contributed by atoms with Crippen molar-refractivity contribution in [3.63, 3.8) is 0 Å². The van der Waals surface area contributed by atoms with Crippen LogP contribution >= 0.6 is 11.3 Å². The SMILES string of the molecule is Cc1c(-c2ccc(OC(C)c3ccc(C(F)(F)F)cc3)c(OC(F)(F)F)c2)sc2c1c(=O)[nH]c(=O)n2C[C@@H](O)C(F)(F)F. The predicted molar refractivity (Wildman–Crippen MR) is 136 cm³/mol. The number of benzene rings is 2. The molecule has 0 aliphatic rings. The first-order valence-corrected chi connectivity index (χ1v) is 12.8. The van der Waals surface area contributed by atoms with Crippen molar-refractivity contribution >= 4 is 21.6 Å². The van der Waals surface area contributed by atoms with Gasteiger partial charge in [-0.1, -0.05) is 12.1 Å². The van der Waals surface area contributed by atoms with Crippen LogP contribution in [-0.4, -0.2) is 33.3 Å². The number of thiophene rings is 1. The van der Waals surface area contributed by atoms with Gasteiger partial charge in [-0.2, -0.15) is 26.3 Å². The van der Waals surface area contributed by atoms with Crippen molar-refractivity contribution in [1.29, 1.82) is 0 Å². The topological polar surface area (TPSA) is 93.5 Å². The number of H-pyrrole nitrogens is 1. The molecule has 0 saturated heterocycles. The largest absolute Gasteiger partial charge is 0.573 e. The van der Waals surface area contributed by atoms with Crippen molar-refractivity contribution < 1.29 is 54.1 Å². The van der Waals surface area contributed by atoms with Gasteiger partial charge in [0.25, 0.3) is 5.56 Å². The second-order valence-corrected chi connectivity index (χ2v) is 10.3. The summed E-state index contributed by atoms with van der Waals surface area (Å²) >= 11 is 0.626. The smallest absolute Gasteiger partial charge is 0.482 e. The first-order valence-electron chi connectivity index (χ1n) is 12.0. The molecular formula is C26H19F9N2O5S. The predicted octanol–water partition coefficient (Wildman–Crippen LogP) is 6.71. The van der Waals surface area contributed by atoms with Crippen LogP contribution in [0.5, 0.6) is 11.5 Å². The minimum atomic E-state index is -5.21. The van der Waals surface area contributed by atoms with Gasteiger partial charge in [-0.25, -0.2) is 4.79 Å². The van der Waals surface area contributed by atoms with Crippen LogP contribution in [0.2, 0.25) is 0 Å². The summed E-state index contributed by atoms with van der Waals surface area (Å²) in [4.78, 5) is 26.6. The molecule has 1 unspecified atom stereocenters. The van der Waals surface area contributed by atoms with Gasteiger partial charge in [-0.3, -0.25) is 14.3 Å². The summed E-state index contributed by atoms with van der Waals surface area (Å²) in [5.41, 5.74) is -2.83. The normalized spacial score (nSPS) is 14.1. The van der Waals surface area contributed by atoms with Crippen LogP contribution in [0.25, 0.3) is 20.7 Å². The zero-order valence-corrected chi connectivity index (χ0v) is 22.6. The monoisotopic (exact) mass is 642 g/mol. The van der Waals surface area contributed by atoms with Gasteiger partial charge in [0.1, 0.15) is 10.9 Å². The summed E-state index contributed by atoms with van der Waals surface area (Å²) in [6, 6.07) is 6.98. The van der Waals surface area contributed by atoms with Gasteiger partial charge in [0, 0.05) is 4.88 Å². The highest BCUT2D eigenvalue weighted by Crippen LogP contribution is 2.42. The fraction of sp³-hybridized carbons (Fsp3) is 0.308. The van der Waals surface area contributed by atoms with E-state index in [4.69, 9.17) is 4.74 Å². The lowest BCUT2D eigenvalue weighted by Gasteiger charge is -2.20. The number of aryl methyl sites for hydroxylation is 1. The molecule has 2 atom stereocenters. The van der Waals surface area contributed by atoms with Crippen molar-refractivity contribution in [3.8, 4) is 21.9 Å². The fourth-order valence-electron chi connectivity index (χ4n) is 4.15. The van der Waals surface area contributed by atoms with E-state index < -0.39 is 65.8 Å². The lowest BCUT2D eigenvalue weighted by molar-refractivity contribution is -0.275. The Morgan fingerprint density at radius 3 is 2.14 bits per heavy atom. The van der Waals surface area contributed by atoms with E-state index in [-0.39, 0.29) is 31.8 Å². The average molecular weight is 642 g/mol. The molecule has 0 fully saturated rings. The van der Waals surface area contributed by atoms with Crippen molar-refractivity contribution in [2.24, 2.45) is 0 Å². The summed E-state index contributed by atoms with van der Waals surface area (Å²) in [6.45, 7) is 1.48. The average Bonchev–Trinajstić information content (AvgIpc) is 3.22. The maximum absolute atomic E-state index is 13.3. The van der Waals surface area contributed by atoms with Crippen LogP contribution in [0.3, 0.4) is 0 Å². The van der Waals surface area contributed by atoms with Crippen LogP contribution in [0.1, 0.15) is 29.7 Å². The van der Waals surface area contributed by atoms with E-state index in [1.165, 1.54) is 19.9 Å². The minimum Gasteiger partial charge on any atom is -0.482 e. The third-order valence-corrected chi connectivity index (χ3v) is 7.61. The summed E-state index contributed by atoms with van der Waals surface area (Å²) in [7, 11) is 0. The first kappa shape index (κ1) is 31.9. The number of hydrogen-bond donors (Lipinski definition) is 2. The molecule has 232 valence electrons. The lowest BCUT2D eigenvalue weighted by Crippen LogP contribution is -2.38. The zero-order chi connectivity index (χ0) is 32.1. The molecule has 0 spiro atoms. The molecule has 0 radical (unpaired) electrons. The Hall–Kier alpha value is -3.99. The highest BCUT2D eigenvalue weighted by atomic mass is 32.1. The molecule has 0 bridgehead atoms. The van der Waals surface area contributed by atoms with E-state index >= 15 is 0 Å². The molecule has 2 aromatic heterocycles. The molecule has 4 rings (SSSR count). The number of ether oxygens (including phenoxy) is 2. The molecule has 7 nitrogen and oxygen atoms in total. The number of nitrogens with one attached hydrogen (secondary N) is 1. The number of alkyl halides is 9. The molecule has 0 aliphatic carbocycles. The molecule has 0 aliphatic heterocycles. The van der Waals surface area contributed by atoms with E-state index in [2.05, 4.69) is 4.74 Å².